The van der Waals surface area contributed by atoms with Crippen molar-refractivity contribution in [3.05, 3.63) is 71.6 Å². The van der Waals surface area contributed by atoms with E-state index in [1.54, 1.807) is 43.3 Å². The van der Waals surface area contributed by atoms with Gasteiger partial charge in [0, 0.05) is 23.1 Å². The number of nitrogens with one attached hydrogen (secondary N) is 3. The average Bonchev–Trinajstić information content (AvgIpc) is 3.05. The van der Waals surface area contributed by atoms with E-state index in [0.717, 1.165) is 5.56 Å². The molecule has 0 radical (unpaired) electrons. The van der Waals surface area contributed by atoms with Crippen LogP contribution in [-0.2, 0) is 0 Å². The molecule has 1 aromatic heterocycles. The van der Waals surface area contributed by atoms with Crippen molar-refractivity contribution in [1.82, 2.24) is 5.16 Å². The molecule has 0 aliphatic carbocycles. The third-order valence-electron chi connectivity index (χ3n) is 3.63. The Kier molecular flexibility index (Phi) is 4.98. The molecule has 0 atom stereocenters. The van der Waals surface area contributed by atoms with Crippen LogP contribution in [0.5, 0.6) is 0 Å². The number of benzene rings is 2. The summed E-state index contributed by atoms with van der Waals surface area (Å²) in [5.74, 6) is -0.276. The Morgan fingerprint density at radius 2 is 1.62 bits per heavy atom. The van der Waals surface area contributed by atoms with E-state index in [0.29, 0.717) is 22.8 Å². The first-order chi connectivity index (χ1) is 12.5. The first kappa shape index (κ1) is 17.2. The van der Waals surface area contributed by atoms with Crippen LogP contribution in [0.25, 0.3) is 0 Å². The lowest BCUT2D eigenvalue weighted by Crippen LogP contribution is -2.19. The van der Waals surface area contributed by atoms with Crippen molar-refractivity contribution in [3.63, 3.8) is 0 Å². The van der Waals surface area contributed by atoms with Crippen LogP contribution in [0.1, 0.15) is 21.8 Å². The number of hydrogen-bond acceptors (Lipinski definition) is 4. The summed E-state index contributed by atoms with van der Waals surface area (Å²) >= 11 is 0. The van der Waals surface area contributed by atoms with Crippen molar-refractivity contribution >= 4 is 29.0 Å². The van der Waals surface area contributed by atoms with E-state index < -0.39 is 5.91 Å². The second kappa shape index (κ2) is 7.52. The molecule has 0 saturated heterocycles. The van der Waals surface area contributed by atoms with Gasteiger partial charge in [-0.1, -0.05) is 29.4 Å². The monoisotopic (exact) mass is 350 g/mol. The number of para-hydroxylation sites is 1. The van der Waals surface area contributed by atoms with Crippen molar-refractivity contribution in [2.24, 2.45) is 0 Å². The summed E-state index contributed by atoms with van der Waals surface area (Å²) in [4.78, 5) is 24.3. The number of hydrogen-bond donors (Lipinski definition) is 3. The topological polar surface area (TPSA) is 96.3 Å². The van der Waals surface area contributed by atoms with Crippen LogP contribution in [0.4, 0.5) is 21.9 Å². The third-order valence-corrected chi connectivity index (χ3v) is 3.63. The number of aryl methyl sites for hydroxylation is 2. The summed E-state index contributed by atoms with van der Waals surface area (Å²) < 4.78 is 4.96. The van der Waals surface area contributed by atoms with Gasteiger partial charge in [0.2, 0.25) is 5.76 Å². The summed E-state index contributed by atoms with van der Waals surface area (Å²) in [7, 11) is 0. The van der Waals surface area contributed by atoms with Gasteiger partial charge in [-0.05, 0) is 43.7 Å². The molecule has 3 aromatic rings. The molecular formula is C19H18N4O3. The summed E-state index contributed by atoms with van der Waals surface area (Å²) in [6.07, 6.45) is 0. The van der Waals surface area contributed by atoms with Gasteiger partial charge >= 0.3 is 6.03 Å². The molecule has 7 heteroatoms. The van der Waals surface area contributed by atoms with Gasteiger partial charge in [-0.3, -0.25) is 4.79 Å². The van der Waals surface area contributed by atoms with Gasteiger partial charge in [-0.15, -0.1) is 0 Å². The summed E-state index contributed by atoms with van der Waals surface area (Å²) in [5, 5.41) is 11.9. The Bertz CT molecular complexity index is 935. The molecule has 0 aliphatic heterocycles. The number of carbonyl (C=O) groups is 2. The fourth-order valence-electron chi connectivity index (χ4n) is 2.30. The molecule has 0 spiro atoms. The highest BCUT2D eigenvalue weighted by molar-refractivity contribution is 6.04. The quantitative estimate of drug-likeness (QED) is 0.657. The molecule has 0 aliphatic rings. The second-order valence-corrected chi connectivity index (χ2v) is 5.76. The van der Waals surface area contributed by atoms with Gasteiger partial charge < -0.3 is 20.5 Å². The highest BCUT2D eigenvalue weighted by atomic mass is 16.5. The van der Waals surface area contributed by atoms with E-state index in [1.807, 2.05) is 25.1 Å². The zero-order valence-corrected chi connectivity index (χ0v) is 14.4. The fraction of sp³-hybridized carbons (Fsp3) is 0.105. The Morgan fingerprint density at radius 1 is 0.885 bits per heavy atom. The number of amides is 3. The summed E-state index contributed by atoms with van der Waals surface area (Å²) in [6.45, 7) is 3.59. The molecule has 3 rings (SSSR count). The number of urea groups is 1. The van der Waals surface area contributed by atoms with Gasteiger partial charge in [-0.25, -0.2) is 4.79 Å². The van der Waals surface area contributed by atoms with E-state index in [9.17, 15) is 9.59 Å². The van der Waals surface area contributed by atoms with E-state index in [-0.39, 0.29) is 11.8 Å². The molecule has 0 unspecified atom stereocenters. The lowest BCUT2D eigenvalue weighted by atomic mass is 10.1. The van der Waals surface area contributed by atoms with Crippen LogP contribution >= 0.6 is 0 Å². The van der Waals surface area contributed by atoms with Crippen molar-refractivity contribution in [1.29, 1.82) is 0 Å². The zero-order chi connectivity index (χ0) is 18.5. The molecule has 0 fully saturated rings. The zero-order valence-electron chi connectivity index (χ0n) is 14.4. The average molecular weight is 350 g/mol. The van der Waals surface area contributed by atoms with E-state index in [2.05, 4.69) is 21.1 Å². The van der Waals surface area contributed by atoms with Gasteiger partial charge in [-0.2, -0.15) is 0 Å². The Balaban J connectivity index is 1.69. The Hall–Kier alpha value is -3.61. The summed E-state index contributed by atoms with van der Waals surface area (Å²) in [6, 6.07) is 15.5. The molecule has 2 aromatic carbocycles. The lowest BCUT2D eigenvalue weighted by molar-refractivity contribution is 0.0988. The highest BCUT2D eigenvalue weighted by Crippen LogP contribution is 2.21. The third kappa shape index (κ3) is 4.27. The maximum atomic E-state index is 12.2. The van der Waals surface area contributed by atoms with E-state index >= 15 is 0 Å². The van der Waals surface area contributed by atoms with Crippen LogP contribution in [0.15, 0.2) is 59.1 Å². The highest BCUT2D eigenvalue weighted by Gasteiger charge is 2.13. The molecule has 3 N–H and O–H groups in total. The number of nitrogens with zero attached hydrogens (tertiary/aromatic N) is 1. The van der Waals surface area contributed by atoms with Crippen molar-refractivity contribution < 1.29 is 14.1 Å². The second-order valence-electron chi connectivity index (χ2n) is 5.76. The van der Waals surface area contributed by atoms with Crippen molar-refractivity contribution in [3.8, 4) is 0 Å². The first-order valence-corrected chi connectivity index (χ1v) is 7.99. The Morgan fingerprint density at radius 3 is 2.31 bits per heavy atom. The maximum Gasteiger partial charge on any atom is 0.323 e. The maximum absolute atomic E-state index is 12.2. The normalized spacial score (nSPS) is 10.2. The van der Waals surface area contributed by atoms with Crippen LogP contribution in [0.3, 0.4) is 0 Å². The first-order valence-electron chi connectivity index (χ1n) is 7.99. The molecule has 7 nitrogen and oxygen atoms in total. The van der Waals surface area contributed by atoms with Gasteiger partial charge in [0.25, 0.3) is 5.91 Å². The predicted octanol–water partition coefficient (Wildman–Crippen LogP) is 4.19. The fourth-order valence-corrected chi connectivity index (χ4v) is 2.30. The van der Waals surface area contributed by atoms with E-state index in [4.69, 9.17) is 4.52 Å². The van der Waals surface area contributed by atoms with Gasteiger partial charge in [0.1, 0.15) is 0 Å². The van der Waals surface area contributed by atoms with Crippen LogP contribution < -0.4 is 16.0 Å². The minimum Gasteiger partial charge on any atom is -0.351 e. The molecule has 26 heavy (non-hydrogen) atoms. The molecular weight excluding hydrogens is 332 g/mol. The van der Waals surface area contributed by atoms with Crippen molar-refractivity contribution in [2.75, 3.05) is 16.0 Å². The molecule has 0 saturated carbocycles. The molecule has 132 valence electrons. The lowest BCUT2D eigenvalue weighted by Gasteiger charge is -2.11. The van der Waals surface area contributed by atoms with Crippen molar-refractivity contribution in [2.45, 2.75) is 13.8 Å². The van der Waals surface area contributed by atoms with Crippen LogP contribution in [0, 0.1) is 13.8 Å². The number of anilines is 3. The standard InChI is InChI=1S/C19H18N4O3/c1-12-8-9-15(21-19(25)20-14-6-4-3-5-7-14)11-16(12)22-18(24)17-10-13(2)23-26-17/h3-11H,1-2H3,(H,22,24)(H2,20,21,25). The molecule has 3 amide bonds. The predicted molar refractivity (Wildman–Crippen MR) is 99.5 cm³/mol. The minimum absolute atomic E-state index is 0.127. The smallest absolute Gasteiger partial charge is 0.323 e. The van der Waals surface area contributed by atoms with E-state index in [1.165, 1.54) is 0 Å². The molecule has 1 heterocycles. The minimum atomic E-state index is -0.403. The van der Waals surface area contributed by atoms with Gasteiger partial charge in [0.15, 0.2) is 0 Å². The van der Waals surface area contributed by atoms with Crippen LogP contribution in [0.2, 0.25) is 0 Å². The van der Waals surface area contributed by atoms with Gasteiger partial charge in [0.05, 0.1) is 5.69 Å². The number of carbonyl (C=O) groups excluding carboxylic acids is 2. The number of rotatable bonds is 4. The molecule has 0 bridgehead atoms. The number of aromatic nitrogens is 1. The SMILES string of the molecule is Cc1cc(C(=O)Nc2cc(NC(=O)Nc3ccccc3)ccc2C)on1. The largest absolute Gasteiger partial charge is 0.351 e. The summed E-state index contributed by atoms with van der Waals surface area (Å²) in [5.41, 5.74) is 3.28. The van der Waals surface area contributed by atoms with Crippen LogP contribution in [-0.4, -0.2) is 17.1 Å². The Labute approximate surface area is 150 Å².